The number of hydrogen-bond acceptors (Lipinski definition) is 7. The summed E-state index contributed by atoms with van der Waals surface area (Å²) in [6.07, 6.45) is 5.79. The molecule has 4 aliphatic carbocycles. The van der Waals surface area contributed by atoms with E-state index < -0.39 is 23.8 Å². The van der Waals surface area contributed by atoms with E-state index in [0.29, 0.717) is 32.7 Å². The zero-order valence-electron chi connectivity index (χ0n) is 20.2. The van der Waals surface area contributed by atoms with Crippen molar-refractivity contribution in [3.8, 4) is 0 Å². The van der Waals surface area contributed by atoms with E-state index in [9.17, 15) is 19.2 Å². The van der Waals surface area contributed by atoms with Crippen LogP contribution in [0.4, 0.5) is 0 Å². The molecule has 4 amide bonds. The molecule has 4 saturated carbocycles. The van der Waals surface area contributed by atoms with E-state index in [4.69, 9.17) is 4.42 Å². The number of carbonyl (C=O) groups is 4. The van der Waals surface area contributed by atoms with E-state index in [1.807, 2.05) is 18.2 Å². The van der Waals surface area contributed by atoms with Crippen LogP contribution in [0.5, 0.6) is 0 Å². The highest BCUT2D eigenvalue weighted by molar-refractivity contribution is 7.98. The molecule has 1 aromatic heterocycles. The minimum Gasteiger partial charge on any atom is -0.464 e. The van der Waals surface area contributed by atoms with E-state index in [2.05, 4.69) is 10.6 Å². The molecule has 6 aliphatic rings. The van der Waals surface area contributed by atoms with Crippen molar-refractivity contribution in [3.63, 3.8) is 0 Å². The van der Waals surface area contributed by atoms with Gasteiger partial charge in [-0.3, -0.25) is 29.4 Å². The molecule has 1 aromatic carbocycles. The second-order valence-electron chi connectivity index (χ2n) is 11.6. The molecule has 9 heteroatoms. The lowest BCUT2D eigenvalue weighted by molar-refractivity contribution is -0.398. The van der Waals surface area contributed by atoms with Gasteiger partial charge in [0.15, 0.2) is 0 Å². The van der Waals surface area contributed by atoms with Crippen LogP contribution in [-0.2, 0) is 21.9 Å². The smallest absolute Gasteiger partial charge is 0.263 e. The van der Waals surface area contributed by atoms with Crippen molar-refractivity contribution in [2.75, 3.05) is 0 Å². The highest BCUT2D eigenvalue weighted by Crippen LogP contribution is 2.89. The second-order valence-corrected chi connectivity index (χ2v) is 12.6. The van der Waals surface area contributed by atoms with Gasteiger partial charge in [-0.2, -0.15) is 0 Å². The number of carbonyl (C=O) groups excluding carboxylic acids is 4. The molecule has 3 unspecified atom stereocenters. The molecule has 1 saturated heterocycles. The van der Waals surface area contributed by atoms with Gasteiger partial charge in [0, 0.05) is 16.9 Å². The van der Waals surface area contributed by atoms with Crippen LogP contribution in [0.25, 0.3) is 0 Å². The van der Waals surface area contributed by atoms with Crippen molar-refractivity contribution in [2.45, 2.75) is 67.3 Å². The number of rotatable bonds is 7. The fourth-order valence-electron chi connectivity index (χ4n) is 8.84. The first kappa shape index (κ1) is 22.1. The third kappa shape index (κ3) is 2.69. The Balaban J connectivity index is 0.940. The maximum atomic E-state index is 13.3. The van der Waals surface area contributed by atoms with Gasteiger partial charge in [0.05, 0.1) is 23.4 Å². The van der Waals surface area contributed by atoms with E-state index in [1.54, 1.807) is 12.1 Å². The molecule has 0 radical (unpaired) electrons. The molecule has 8 nitrogen and oxygen atoms in total. The first-order valence-corrected chi connectivity index (χ1v) is 14.2. The molecule has 3 atom stereocenters. The summed E-state index contributed by atoms with van der Waals surface area (Å²) in [6, 6.07) is 8.23. The highest BCUT2D eigenvalue weighted by atomic mass is 32.2. The fourth-order valence-corrected chi connectivity index (χ4v) is 9.81. The third-order valence-corrected chi connectivity index (χ3v) is 11.4. The van der Waals surface area contributed by atoms with Crippen LogP contribution in [-0.4, -0.2) is 40.1 Å². The maximum Gasteiger partial charge on any atom is 0.263 e. The number of thioether (sulfide) groups is 1. The van der Waals surface area contributed by atoms with Crippen LogP contribution in [0, 0.1) is 23.2 Å². The Morgan fingerprint density at radius 2 is 1.78 bits per heavy atom. The number of hydrogen-bond donors (Lipinski definition) is 2. The van der Waals surface area contributed by atoms with Crippen LogP contribution in [0.1, 0.15) is 70.8 Å². The Kier molecular flexibility index (Phi) is 4.39. The van der Waals surface area contributed by atoms with E-state index >= 15 is 0 Å². The molecule has 37 heavy (non-hydrogen) atoms. The summed E-state index contributed by atoms with van der Waals surface area (Å²) in [7, 11) is 0. The molecule has 1 spiro atoms. The number of nitrogens with one attached hydrogen (secondary N) is 2. The average Bonchev–Trinajstić information content (AvgIpc) is 3.39. The van der Waals surface area contributed by atoms with Gasteiger partial charge < -0.3 is 9.73 Å². The van der Waals surface area contributed by atoms with Crippen molar-refractivity contribution in [1.82, 2.24) is 15.5 Å². The molecular formula is C28H27N3O5S. The van der Waals surface area contributed by atoms with Gasteiger partial charge in [0.25, 0.3) is 11.8 Å². The number of amides is 4. The van der Waals surface area contributed by atoms with Gasteiger partial charge in [-0.1, -0.05) is 6.07 Å². The third-order valence-electron chi connectivity index (χ3n) is 10.3. The fraction of sp³-hybridized carbons (Fsp3) is 0.500. The lowest BCUT2D eigenvalue weighted by Gasteiger charge is -2.91. The Bertz CT molecular complexity index is 1390. The van der Waals surface area contributed by atoms with Crippen molar-refractivity contribution < 1.29 is 23.6 Å². The Morgan fingerprint density at radius 3 is 2.51 bits per heavy atom. The minimum atomic E-state index is -0.964. The summed E-state index contributed by atoms with van der Waals surface area (Å²) >= 11 is 1.45. The lowest BCUT2D eigenvalue weighted by Crippen LogP contribution is -2.92. The van der Waals surface area contributed by atoms with Gasteiger partial charge in [-0.15, -0.1) is 11.8 Å². The number of imide groups is 2. The maximum absolute atomic E-state index is 13.3. The first-order valence-electron chi connectivity index (χ1n) is 13.2. The number of benzene rings is 1. The topological polar surface area (TPSA) is 109 Å². The van der Waals surface area contributed by atoms with Gasteiger partial charge >= 0.3 is 0 Å². The van der Waals surface area contributed by atoms with Gasteiger partial charge in [0.1, 0.15) is 17.6 Å². The number of nitrogens with zero attached hydrogens (tertiary/aromatic N) is 1. The van der Waals surface area contributed by atoms with Gasteiger partial charge in [-0.05, 0) is 79.5 Å². The van der Waals surface area contributed by atoms with Gasteiger partial charge in [0.2, 0.25) is 11.8 Å². The Labute approximate surface area is 217 Å². The number of furan rings is 1. The molecule has 190 valence electrons. The second kappa shape index (κ2) is 7.35. The SMILES string of the molecule is O=C1CCC(N2C(=O)c3cccc(SCc4ccc(CNC56CC7CC8CC(C5)C876)o4)c3C2=O)C(=O)N1. The summed E-state index contributed by atoms with van der Waals surface area (Å²) in [5.41, 5.74) is 1.61. The van der Waals surface area contributed by atoms with Crippen molar-refractivity contribution >= 4 is 35.4 Å². The zero-order valence-corrected chi connectivity index (χ0v) is 21.1. The summed E-state index contributed by atoms with van der Waals surface area (Å²) in [5, 5.41) is 6.10. The number of piperidine rings is 1. The average molecular weight is 518 g/mol. The summed E-state index contributed by atoms with van der Waals surface area (Å²) in [4.78, 5) is 51.9. The molecule has 2 aromatic rings. The lowest BCUT2D eigenvalue weighted by atomic mass is 9.15. The van der Waals surface area contributed by atoms with Crippen LogP contribution in [0.15, 0.2) is 39.6 Å². The largest absolute Gasteiger partial charge is 0.464 e. The summed E-state index contributed by atoms with van der Waals surface area (Å²) < 4.78 is 6.12. The Morgan fingerprint density at radius 1 is 1.00 bits per heavy atom. The van der Waals surface area contributed by atoms with E-state index in [1.165, 1.54) is 37.4 Å². The minimum absolute atomic E-state index is 0.102. The monoisotopic (exact) mass is 517 g/mol. The molecular weight excluding hydrogens is 490 g/mol. The predicted octanol–water partition coefficient (Wildman–Crippen LogP) is 3.25. The quantitative estimate of drug-likeness (QED) is 0.429. The van der Waals surface area contributed by atoms with Gasteiger partial charge in [-0.25, -0.2) is 0 Å². The van der Waals surface area contributed by atoms with E-state index in [0.717, 1.165) is 40.7 Å². The molecule has 3 heterocycles. The van der Waals surface area contributed by atoms with E-state index in [-0.39, 0.29) is 18.7 Å². The summed E-state index contributed by atoms with van der Waals surface area (Å²) in [6.45, 7) is 0.743. The van der Waals surface area contributed by atoms with Crippen molar-refractivity contribution in [1.29, 1.82) is 0 Å². The zero-order chi connectivity index (χ0) is 25.1. The van der Waals surface area contributed by atoms with Crippen LogP contribution in [0.3, 0.4) is 0 Å². The van der Waals surface area contributed by atoms with Crippen LogP contribution < -0.4 is 10.6 Å². The molecule has 8 rings (SSSR count). The van der Waals surface area contributed by atoms with Crippen LogP contribution in [0.2, 0.25) is 0 Å². The molecule has 2 aliphatic heterocycles. The predicted molar refractivity (Wildman–Crippen MR) is 132 cm³/mol. The molecule has 5 fully saturated rings. The first-order chi connectivity index (χ1) is 17.9. The molecule has 2 N–H and O–H groups in total. The summed E-state index contributed by atoms with van der Waals surface area (Å²) in [5.74, 6) is 3.22. The Hall–Kier alpha value is -2.91. The number of fused-ring (bicyclic) bond motifs is 1. The van der Waals surface area contributed by atoms with Crippen molar-refractivity contribution in [2.24, 2.45) is 23.2 Å². The standard InChI is InChI=1S/C28H27N3O5S/c32-22-7-6-20(24(33)30-22)31-25(34)19-2-1-3-21(23(19)26(31)35)37-13-18-5-4-17(36-18)12-29-27-10-15-8-14-9-16(11-27)28(14,15)27/h1-5,14-16,20,29H,6-13H2,(H,30,32,33). The highest BCUT2D eigenvalue weighted by Gasteiger charge is 2.87. The van der Waals surface area contributed by atoms with Crippen LogP contribution >= 0.6 is 11.8 Å². The van der Waals surface area contributed by atoms with Crippen molar-refractivity contribution in [3.05, 3.63) is 53.0 Å². The normalized spacial score (nSPS) is 36.5. The molecule has 0 bridgehead atoms.